The van der Waals surface area contributed by atoms with Gasteiger partial charge in [-0.2, -0.15) is 0 Å². The molecule has 0 unspecified atom stereocenters. The minimum Gasteiger partial charge on any atom is -0.481 e. The Hall–Kier alpha value is -3.22. The lowest BCUT2D eigenvalue weighted by Gasteiger charge is -2.07. The van der Waals surface area contributed by atoms with Gasteiger partial charge < -0.3 is 15.7 Å². The van der Waals surface area contributed by atoms with E-state index in [2.05, 4.69) is 10.6 Å². The summed E-state index contributed by atoms with van der Waals surface area (Å²) in [6.07, 6.45) is -0.143. The zero-order valence-corrected chi connectivity index (χ0v) is 13.3. The fraction of sp³-hybridized carbons (Fsp3) is 0.167. The van der Waals surface area contributed by atoms with Crippen molar-refractivity contribution in [1.29, 1.82) is 0 Å². The number of carbonyl (C=O) groups excluding carboxylic acids is 2. The Kier molecular flexibility index (Phi) is 6.22. The van der Waals surface area contributed by atoms with Gasteiger partial charge in [0.1, 0.15) is 5.82 Å². The van der Waals surface area contributed by atoms with Crippen molar-refractivity contribution in [3.63, 3.8) is 0 Å². The quantitative estimate of drug-likeness (QED) is 0.715. The summed E-state index contributed by atoms with van der Waals surface area (Å²) in [5, 5.41) is 13.7. The van der Waals surface area contributed by atoms with Gasteiger partial charge in [-0.15, -0.1) is 0 Å². The van der Waals surface area contributed by atoms with Crippen molar-refractivity contribution in [2.75, 3.05) is 6.54 Å². The highest BCUT2D eigenvalue weighted by atomic mass is 19.1. The van der Waals surface area contributed by atoms with E-state index in [0.29, 0.717) is 5.56 Å². The van der Waals surface area contributed by atoms with Crippen LogP contribution in [-0.4, -0.2) is 29.4 Å². The number of aliphatic carboxylic acids is 1. The highest BCUT2D eigenvalue weighted by molar-refractivity contribution is 5.95. The minimum absolute atomic E-state index is 0.0552. The number of amides is 2. The van der Waals surface area contributed by atoms with E-state index in [0.717, 1.165) is 11.6 Å². The van der Waals surface area contributed by atoms with Gasteiger partial charge in [0, 0.05) is 24.2 Å². The highest BCUT2D eigenvalue weighted by Gasteiger charge is 2.08. The average Bonchev–Trinajstić information content (AvgIpc) is 2.59. The molecule has 0 aliphatic rings. The number of rotatable bonds is 7. The van der Waals surface area contributed by atoms with E-state index in [1.807, 2.05) is 0 Å². The van der Waals surface area contributed by atoms with Crippen molar-refractivity contribution in [2.45, 2.75) is 13.0 Å². The maximum absolute atomic E-state index is 13.1. The van der Waals surface area contributed by atoms with Gasteiger partial charge in [0.05, 0.1) is 6.42 Å². The number of hydrogen-bond donors (Lipinski definition) is 3. The van der Waals surface area contributed by atoms with Crippen molar-refractivity contribution in [3.05, 3.63) is 71.0 Å². The van der Waals surface area contributed by atoms with Crippen LogP contribution in [0.3, 0.4) is 0 Å². The molecule has 0 heterocycles. The maximum atomic E-state index is 13.1. The lowest BCUT2D eigenvalue weighted by molar-refractivity contribution is -0.136. The van der Waals surface area contributed by atoms with Crippen molar-refractivity contribution in [3.8, 4) is 0 Å². The first-order valence-electron chi connectivity index (χ1n) is 7.58. The Balaban J connectivity index is 1.86. The van der Waals surface area contributed by atoms with E-state index >= 15 is 0 Å². The first-order chi connectivity index (χ1) is 12.0. The lowest BCUT2D eigenvalue weighted by Crippen LogP contribution is -2.26. The maximum Gasteiger partial charge on any atom is 0.305 e. The van der Waals surface area contributed by atoms with E-state index in [4.69, 9.17) is 5.11 Å². The minimum atomic E-state index is -0.982. The van der Waals surface area contributed by atoms with Crippen LogP contribution in [0.5, 0.6) is 0 Å². The van der Waals surface area contributed by atoms with Gasteiger partial charge in [-0.05, 0) is 35.9 Å². The Labute approximate surface area is 143 Å². The first kappa shape index (κ1) is 18.1. The standard InChI is InChI=1S/C18H17FN2O4/c19-15-3-1-2-14(10-15)18(25)21-11-12-4-6-13(7-5-12)17(24)20-9-8-16(22)23/h1-7,10H,8-9,11H2,(H,20,24)(H,21,25)(H,22,23). The Bertz CT molecular complexity index is 775. The highest BCUT2D eigenvalue weighted by Crippen LogP contribution is 2.06. The molecule has 2 amide bonds. The summed E-state index contributed by atoms with van der Waals surface area (Å²) in [5.74, 6) is -2.22. The second-order valence-electron chi connectivity index (χ2n) is 5.29. The second-order valence-corrected chi connectivity index (χ2v) is 5.29. The van der Waals surface area contributed by atoms with Gasteiger partial charge >= 0.3 is 5.97 Å². The predicted octanol–water partition coefficient (Wildman–Crippen LogP) is 1.96. The molecule has 0 aliphatic heterocycles. The van der Waals surface area contributed by atoms with Crippen LogP contribution in [-0.2, 0) is 11.3 Å². The van der Waals surface area contributed by atoms with E-state index in [1.54, 1.807) is 24.3 Å². The number of carbonyl (C=O) groups is 3. The van der Waals surface area contributed by atoms with Gasteiger partial charge in [0.2, 0.25) is 0 Å². The molecule has 6 nitrogen and oxygen atoms in total. The third-order valence-corrected chi connectivity index (χ3v) is 3.38. The van der Waals surface area contributed by atoms with Crippen molar-refractivity contribution in [1.82, 2.24) is 10.6 Å². The molecule has 0 atom stereocenters. The molecule has 2 aromatic carbocycles. The first-order valence-corrected chi connectivity index (χ1v) is 7.58. The smallest absolute Gasteiger partial charge is 0.305 e. The molecule has 0 saturated heterocycles. The molecule has 0 radical (unpaired) electrons. The molecular formula is C18H17FN2O4. The molecular weight excluding hydrogens is 327 g/mol. The van der Waals surface area contributed by atoms with E-state index in [-0.39, 0.29) is 31.0 Å². The summed E-state index contributed by atoms with van der Waals surface area (Å²) >= 11 is 0. The molecule has 2 aromatic rings. The molecule has 0 saturated carbocycles. The summed E-state index contributed by atoms with van der Waals surface area (Å²) in [7, 11) is 0. The van der Waals surface area contributed by atoms with Crippen LogP contribution in [0.2, 0.25) is 0 Å². The molecule has 0 fully saturated rings. The van der Waals surface area contributed by atoms with E-state index in [1.165, 1.54) is 18.2 Å². The third kappa shape index (κ3) is 5.72. The summed E-state index contributed by atoms with van der Waals surface area (Å²) < 4.78 is 13.1. The number of carboxylic acid groups (broad SMARTS) is 1. The molecule has 0 aromatic heterocycles. The Morgan fingerprint density at radius 3 is 2.24 bits per heavy atom. The average molecular weight is 344 g/mol. The second kappa shape index (κ2) is 8.58. The van der Waals surface area contributed by atoms with Gasteiger partial charge in [0.25, 0.3) is 11.8 Å². The predicted molar refractivity (Wildman–Crippen MR) is 88.6 cm³/mol. The zero-order chi connectivity index (χ0) is 18.2. The van der Waals surface area contributed by atoms with Crippen LogP contribution >= 0.6 is 0 Å². The fourth-order valence-electron chi connectivity index (χ4n) is 2.07. The third-order valence-electron chi connectivity index (χ3n) is 3.38. The van der Waals surface area contributed by atoms with E-state index < -0.39 is 17.7 Å². The summed E-state index contributed by atoms with van der Waals surface area (Å²) in [4.78, 5) is 34.1. The SMILES string of the molecule is O=C(O)CCNC(=O)c1ccc(CNC(=O)c2cccc(F)c2)cc1. The van der Waals surface area contributed by atoms with Gasteiger partial charge in [-0.3, -0.25) is 14.4 Å². The summed E-state index contributed by atoms with van der Waals surface area (Å²) in [5.41, 5.74) is 1.40. The monoisotopic (exact) mass is 344 g/mol. The Morgan fingerprint density at radius 1 is 0.920 bits per heavy atom. The molecule has 0 aliphatic carbocycles. The fourth-order valence-corrected chi connectivity index (χ4v) is 2.07. The molecule has 7 heteroatoms. The Morgan fingerprint density at radius 2 is 1.60 bits per heavy atom. The van der Waals surface area contributed by atoms with Crippen LogP contribution in [0, 0.1) is 5.82 Å². The van der Waals surface area contributed by atoms with Gasteiger partial charge in [-0.25, -0.2) is 4.39 Å². The van der Waals surface area contributed by atoms with Crippen LogP contribution in [0.1, 0.15) is 32.7 Å². The summed E-state index contributed by atoms with van der Waals surface area (Å²) in [6.45, 7) is 0.288. The number of nitrogens with one attached hydrogen (secondary N) is 2. The molecule has 2 rings (SSSR count). The number of carboxylic acids is 1. The largest absolute Gasteiger partial charge is 0.481 e. The van der Waals surface area contributed by atoms with Crippen molar-refractivity contribution < 1.29 is 23.9 Å². The zero-order valence-electron chi connectivity index (χ0n) is 13.3. The van der Waals surface area contributed by atoms with Crippen LogP contribution in [0.25, 0.3) is 0 Å². The van der Waals surface area contributed by atoms with Crippen LogP contribution < -0.4 is 10.6 Å². The van der Waals surface area contributed by atoms with Crippen LogP contribution in [0.15, 0.2) is 48.5 Å². The topological polar surface area (TPSA) is 95.5 Å². The van der Waals surface area contributed by atoms with Crippen molar-refractivity contribution >= 4 is 17.8 Å². The van der Waals surface area contributed by atoms with Gasteiger partial charge in [-0.1, -0.05) is 18.2 Å². The van der Waals surface area contributed by atoms with Gasteiger partial charge in [0.15, 0.2) is 0 Å². The lowest BCUT2D eigenvalue weighted by atomic mass is 10.1. The summed E-state index contributed by atoms with van der Waals surface area (Å²) in [6, 6.07) is 11.9. The molecule has 25 heavy (non-hydrogen) atoms. The normalized spacial score (nSPS) is 10.1. The number of hydrogen-bond acceptors (Lipinski definition) is 3. The number of benzene rings is 2. The van der Waals surface area contributed by atoms with E-state index in [9.17, 15) is 18.8 Å². The molecule has 130 valence electrons. The van der Waals surface area contributed by atoms with Crippen LogP contribution in [0.4, 0.5) is 4.39 Å². The molecule has 3 N–H and O–H groups in total. The molecule has 0 spiro atoms. The number of halogens is 1. The molecule has 0 bridgehead atoms. The van der Waals surface area contributed by atoms with Crippen molar-refractivity contribution in [2.24, 2.45) is 0 Å².